The molecule has 0 amide bonds. The Balaban J connectivity index is 1.95. The molecule has 3 rings (SSSR count). The predicted molar refractivity (Wildman–Crippen MR) is 96.9 cm³/mol. The molecular weight excluding hydrogens is 300 g/mol. The fraction of sp³-hybridized carbons (Fsp3) is 0.200. The van der Waals surface area contributed by atoms with Crippen LogP contribution in [0.15, 0.2) is 36.4 Å². The fourth-order valence-electron chi connectivity index (χ4n) is 2.68. The lowest BCUT2D eigenvalue weighted by Gasteiger charge is -2.02. The van der Waals surface area contributed by atoms with Crippen LogP contribution in [0.2, 0.25) is 0 Å². The first-order chi connectivity index (χ1) is 11.6. The van der Waals surface area contributed by atoms with E-state index in [9.17, 15) is 4.79 Å². The molecule has 0 saturated carbocycles. The third kappa shape index (κ3) is 3.23. The van der Waals surface area contributed by atoms with E-state index in [4.69, 9.17) is 4.74 Å². The molecule has 0 aliphatic rings. The summed E-state index contributed by atoms with van der Waals surface area (Å²) < 4.78 is 5.06. The minimum atomic E-state index is -0.315. The predicted octanol–water partition coefficient (Wildman–Crippen LogP) is 4.53. The van der Waals surface area contributed by atoms with E-state index in [2.05, 4.69) is 48.3 Å². The van der Waals surface area contributed by atoms with Crippen LogP contribution in [0.25, 0.3) is 23.1 Å². The first kappa shape index (κ1) is 16.0. The number of carbonyl (C=O) groups excluding carboxylic acids is 1. The molecule has 122 valence electrons. The molecule has 0 aliphatic carbocycles. The topological polar surface area (TPSA) is 55.0 Å². The van der Waals surface area contributed by atoms with E-state index in [0.717, 1.165) is 22.2 Å². The van der Waals surface area contributed by atoms with Crippen molar-refractivity contribution in [2.45, 2.75) is 20.8 Å². The van der Waals surface area contributed by atoms with Crippen LogP contribution < -0.4 is 0 Å². The minimum Gasteiger partial charge on any atom is -0.462 e. The molecule has 0 bridgehead atoms. The van der Waals surface area contributed by atoms with Crippen molar-refractivity contribution in [1.29, 1.82) is 0 Å². The molecule has 4 nitrogen and oxygen atoms in total. The van der Waals surface area contributed by atoms with E-state index in [1.54, 1.807) is 13.0 Å². The van der Waals surface area contributed by atoms with Gasteiger partial charge in [0.05, 0.1) is 23.4 Å². The number of aromatic nitrogens is 2. The second kappa shape index (κ2) is 6.71. The van der Waals surface area contributed by atoms with Gasteiger partial charge in [-0.15, -0.1) is 0 Å². The van der Waals surface area contributed by atoms with Crippen LogP contribution in [-0.2, 0) is 4.74 Å². The van der Waals surface area contributed by atoms with Gasteiger partial charge in [0.2, 0.25) is 0 Å². The molecule has 2 aromatic carbocycles. The number of carbonyl (C=O) groups is 1. The van der Waals surface area contributed by atoms with E-state index in [1.165, 1.54) is 11.1 Å². The molecular formula is C20H20N2O2. The minimum absolute atomic E-state index is 0.315. The maximum absolute atomic E-state index is 11.9. The third-order valence-electron chi connectivity index (χ3n) is 3.95. The molecule has 1 aromatic heterocycles. The number of nitrogens with zero attached hydrogens (tertiary/aromatic N) is 1. The zero-order valence-electron chi connectivity index (χ0n) is 14.1. The highest BCUT2D eigenvalue weighted by Gasteiger charge is 2.10. The molecule has 4 heteroatoms. The van der Waals surface area contributed by atoms with Gasteiger partial charge in [-0.05, 0) is 56.2 Å². The lowest BCUT2D eigenvalue weighted by Crippen LogP contribution is -2.04. The largest absolute Gasteiger partial charge is 0.462 e. The number of esters is 1. The summed E-state index contributed by atoms with van der Waals surface area (Å²) in [5.74, 6) is -0.315. The van der Waals surface area contributed by atoms with Gasteiger partial charge in [-0.25, -0.2) is 4.79 Å². The van der Waals surface area contributed by atoms with Gasteiger partial charge in [0.25, 0.3) is 0 Å². The quantitative estimate of drug-likeness (QED) is 0.719. The van der Waals surface area contributed by atoms with Crippen LogP contribution in [0, 0.1) is 13.8 Å². The third-order valence-corrected chi connectivity index (χ3v) is 3.95. The second-order valence-electron chi connectivity index (χ2n) is 5.78. The monoisotopic (exact) mass is 320 g/mol. The van der Waals surface area contributed by atoms with E-state index in [0.29, 0.717) is 12.2 Å². The van der Waals surface area contributed by atoms with Gasteiger partial charge in [-0.2, -0.15) is 5.10 Å². The highest BCUT2D eigenvalue weighted by molar-refractivity contribution is 5.97. The summed E-state index contributed by atoms with van der Waals surface area (Å²) in [4.78, 5) is 11.9. The van der Waals surface area contributed by atoms with E-state index < -0.39 is 0 Å². The lowest BCUT2D eigenvalue weighted by atomic mass is 10.0. The average molecular weight is 320 g/mol. The number of hydrogen-bond acceptors (Lipinski definition) is 3. The van der Waals surface area contributed by atoms with Gasteiger partial charge >= 0.3 is 5.97 Å². The van der Waals surface area contributed by atoms with Gasteiger partial charge in [0.1, 0.15) is 0 Å². The smallest absolute Gasteiger partial charge is 0.338 e. The van der Waals surface area contributed by atoms with Gasteiger partial charge < -0.3 is 4.74 Å². The molecule has 3 aromatic rings. The highest BCUT2D eigenvalue weighted by atomic mass is 16.5. The summed E-state index contributed by atoms with van der Waals surface area (Å²) in [5, 5.41) is 8.21. The highest BCUT2D eigenvalue weighted by Crippen LogP contribution is 2.21. The van der Waals surface area contributed by atoms with Crippen LogP contribution in [0.3, 0.4) is 0 Å². The fourth-order valence-corrected chi connectivity index (χ4v) is 2.68. The molecule has 0 spiro atoms. The SMILES string of the molecule is CCOC(=O)c1ccc2n[nH]c(/C=C/c3ccc(C)cc3C)c2c1. The summed E-state index contributed by atoms with van der Waals surface area (Å²) >= 11 is 0. The van der Waals surface area contributed by atoms with Crippen molar-refractivity contribution in [3.05, 3.63) is 64.3 Å². The number of aryl methyl sites for hydroxylation is 2. The summed E-state index contributed by atoms with van der Waals surface area (Å²) in [6.07, 6.45) is 4.04. The van der Waals surface area contributed by atoms with Gasteiger partial charge in [-0.1, -0.05) is 29.8 Å². The van der Waals surface area contributed by atoms with Crippen molar-refractivity contribution in [2.24, 2.45) is 0 Å². The van der Waals surface area contributed by atoms with Gasteiger partial charge in [0.15, 0.2) is 0 Å². The number of fused-ring (bicyclic) bond motifs is 1. The van der Waals surface area contributed by atoms with Crippen molar-refractivity contribution >= 4 is 29.0 Å². The lowest BCUT2D eigenvalue weighted by molar-refractivity contribution is 0.0526. The number of benzene rings is 2. The number of H-pyrrole nitrogens is 1. The maximum Gasteiger partial charge on any atom is 0.338 e. The van der Waals surface area contributed by atoms with E-state index in [-0.39, 0.29) is 5.97 Å². The summed E-state index contributed by atoms with van der Waals surface area (Å²) in [6, 6.07) is 11.7. The molecule has 0 unspecified atom stereocenters. The van der Waals surface area contributed by atoms with E-state index >= 15 is 0 Å². The standard InChI is InChI=1S/C20H20N2O2/c1-4-24-20(23)16-8-10-19-17(12-16)18(21-22-19)9-7-15-6-5-13(2)11-14(15)3/h5-12H,4H2,1-3H3,(H,21,22)/b9-7+. The van der Waals surface area contributed by atoms with Crippen LogP contribution in [0.1, 0.15) is 39.7 Å². The first-order valence-corrected chi connectivity index (χ1v) is 7.99. The van der Waals surface area contributed by atoms with Crippen molar-refractivity contribution in [2.75, 3.05) is 6.61 Å². The number of rotatable bonds is 4. The molecule has 1 heterocycles. The Kier molecular flexibility index (Phi) is 4.47. The molecule has 24 heavy (non-hydrogen) atoms. The first-order valence-electron chi connectivity index (χ1n) is 7.99. The van der Waals surface area contributed by atoms with Crippen LogP contribution in [0.4, 0.5) is 0 Å². The number of nitrogens with one attached hydrogen (secondary N) is 1. The average Bonchev–Trinajstić information content (AvgIpc) is 2.96. The molecule has 0 radical (unpaired) electrons. The zero-order chi connectivity index (χ0) is 17.1. The van der Waals surface area contributed by atoms with Gasteiger partial charge in [-0.3, -0.25) is 5.10 Å². The Morgan fingerprint density at radius 3 is 2.75 bits per heavy atom. The van der Waals surface area contributed by atoms with Crippen LogP contribution >= 0.6 is 0 Å². The van der Waals surface area contributed by atoms with Crippen LogP contribution in [-0.4, -0.2) is 22.8 Å². The van der Waals surface area contributed by atoms with Crippen LogP contribution in [0.5, 0.6) is 0 Å². The van der Waals surface area contributed by atoms with Gasteiger partial charge in [0, 0.05) is 5.39 Å². The van der Waals surface area contributed by atoms with Crippen molar-refractivity contribution in [1.82, 2.24) is 10.2 Å². The normalized spacial score (nSPS) is 11.3. The molecule has 0 saturated heterocycles. The molecule has 1 N–H and O–H groups in total. The molecule has 0 atom stereocenters. The number of ether oxygens (including phenoxy) is 1. The number of aromatic amines is 1. The Bertz CT molecular complexity index is 923. The Morgan fingerprint density at radius 2 is 2.00 bits per heavy atom. The second-order valence-corrected chi connectivity index (χ2v) is 5.78. The molecule has 0 aliphatic heterocycles. The zero-order valence-corrected chi connectivity index (χ0v) is 14.1. The Hall–Kier alpha value is -2.88. The summed E-state index contributed by atoms with van der Waals surface area (Å²) in [5.41, 5.74) is 5.86. The number of hydrogen-bond donors (Lipinski definition) is 1. The summed E-state index contributed by atoms with van der Waals surface area (Å²) in [6.45, 7) is 6.34. The summed E-state index contributed by atoms with van der Waals surface area (Å²) in [7, 11) is 0. The van der Waals surface area contributed by atoms with Crippen molar-refractivity contribution < 1.29 is 9.53 Å². The Morgan fingerprint density at radius 1 is 1.17 bits per heavy atom. The van der Waals surface area contributed by atoms with Crippen molar-refractivity contribution in [3.63, 3.8) is 0 Å². The van der Waals surface area contributed by atoms with Crippen molar-refractivity contribution in [3.8, 4) is 0 Å². The van der Waals surface area contributed by atoms with E-state index in [1.807, 2.05) is 18.2 Å². The maximum atomic E-state index is 11.9. The molecule has 0 fully saturated rings. The Labute approximate surface area is 141 Å².